The molecule has 2 atom stereocenters. The SMILES string of the molecule is N[C@@H](c1ccc(Cl)cc1Br)[C@H](O)Cc1ccccc1. The van der Waals surface area contributed by atoms with Crippen LogP contribution in [-0.2, 0) is 6.42 Å². The van der Waals surface area contributed by atoms with Gasteiger partial charge in [0.1, 0.15) is 0 Å². The second-order valence-electron chi connectivity index (χ2n) is 4.45. The fourth-order valence-corrected chi connectivity index (χ4v) is 2.91. The van der Waals surface area contributed by atoms with Gasteiger partial charge >= 0.3 is 0 Å². The lowest BCUT2D eigenvalue weighted by atomic mass is 9.97. The van der Waals surface area contributed by atoms with Crippen molar-refractivity contribution in [2.45, 2.75) is 18.6 Å². The third-order valence-electron chi connectivity index (χ3n) is 3.02. The van der Waals surface area contributed by atoms with Crippen molar-refractivity contribution in [1.82, 2.24) is 0 Å². The highest BCUT2D eigenvalue weighted by molar-refractivity contribution is 9.10. The normalized spacial score (nSPS) is 14.1. The number of rotatable bonds is 4. The summed E-state index contributed by atoms with van der Waals surface area (Å²) in [6.07, 6.45) is -0.114. The van der Waals surface area contributed by atoms with E-state index in [-0.39, 0.29) is 0 Å². The molecule has 0 fully saturated rings. The van der Waals surface area contributed by atoms with Crippen LogP contribution in [0.5, 0.6) is 0 Å². The Bertz CT molecular complexity index is 547. The Labute approximate surface area is 126 Å². The largest absolute Gasteiger partial charge is 0.391 e. The molecule has 0 aliphatic heterocycles. The van der Waals surface area contributed by atoms with Crippen molar-refractivity contribution in [1.29, 1.82) is 0 Å². The molecule has 2 aromatic carbocycles. The van der Waals surface area contributed by atoms with Gasteiger partial charge < -0.3 is 10.8 Å². The van der Waals surface area contributed by atoms with Crippen LogP contribution in [0.2, 0.25) is 5.02 Å². The lowest BCUT2D eigenvalue weighted by Gasteiger charge is -2.20. The van der Waals surface area contributed by atoms with Crippen molar-refractivity contribution in [3.05, 3.63) is 69.2 Å². The van der Waals surface area contributed by atoms with Crippen LogP contribution in [0.15, 0.2) is 53.0 Å². The average molecular weight is 341 g/mol. The van der Waals surface area contributed by atoms with Crippen molar-refractivity contribution in [2.75, 3.05) is 0 Å². The van der Waals surface area contributed by atoms with E-state index in [0.717, 1.165) is 15.6 Å². The zero-order valence-corrected chi connectivity index (χ0v) is 12.6. The predicted octanol–water partition coefficient (Wildman–Crippen LogP) is 3.71. The van der Waals surface area contributed by atoms with Gasteiger partial charge in [0, 0.05) is 15.9 Å². The fourth-order valence-electron chi connectivity index (χ4n) is 1.96. The summed E-state index contributed by atoms with van der Waals surface area (Å²) in [6, 6.07) is 14.8. The maximum atomic E-state index is 10.2. The van der Waals surface area contributed by atoms with Crippen molar-refractivity contribution in [3.63, 3.8) is 0 Å². The second kappa shape index (κ2) is 6.53. The van der Waals surface area contributed by atoms with E-state index in [4.69, 9.17) is 17.3 Å². The van der Waals surface area contributed by atoms with Crippen molar-refractivity contribution < 1.29 is 5.11 Å². The molecule has 0 aliphatic carbocycles. The van der Waals surface area contributed by atoms with Crippen LogP contribution in [0.1, 0.15) is 17.2 Å². The van der Waals surface area contributed by atoms with Crippen molar-refractivity contribution in [2.24, 2.45) is 5.73 Å². The molecule has 0 bridgehead atoms. The van der Waals surface area contributed by atoms with Crippen LogP contribution in [0.4, 0.5) is 0 Å². The Hall–Kier alpha value is -0.870. The van der Waals surface area contributed by atoms with Crippen LogP contribution in [-0.4, -0.2) is 11.2 Å². The van der Waals surface area contributed by atoms with Gasteiger partial charge in [-0.15, -0.1) is 0 Å². The van der Waals surface area contributed by atoms with E-state index in [1.165, 1.54) is 0 Å². The van der Waals surface area contributed by atoms with E-state index in [0.29, 0.717) is 11.4 Å². The summed E-state index contributed by atoms with van der Waals surface area (Å²) in [6.45, 7) is 0. The number of benzene rings is 2. The number of halogens is 2. The van der Waals surface area contributed by atoms with Crippen molar-refractivity contribution >= 4 is 27.5 Å². The molecule has 0 amide bonds. The molecular weight excluding hydrogens is 326 g/mol. The highest BCUT2D eigenvalue weighted by Crippen LogP contribution is 2.28. The van der Waals surface area contributed by atoms with Crippen LogP contribution < -0.4 is 5.73 Å². The quantitative estimate of drug-likeness (QED) is 0.891. The predicted molar refractivity (Wildman–Crippen MR) is 82.2 cm³/mol. The molecular formula is C15H15BrClNO. The van der Waals surface area contributed by atoms with E-state index in [1.54, 1.807) is 12.1 Å². The van der Waals surface area contributed by atoms with Gasteiger partial charge in [-0.1, -0.05) is 63.9 Å². The molecule has 0 aliphatic rings. The average Bonchev–Trinajstić information content (AvgIpc) is 2.39. The Balaban J connectivity index is 2.12. The van der Waals surface area contributed by atoms with Crippen LogP contribution in [0.3, 0.4) is 0 Å². The molecule has 0 radical (unpaired) electrons. The molecule has 2 rings (SSSR count). The molecule has 3 N–H and O–H groups in total. The van der Waals surface area contributed by atoms with Crippen LogP contribution in [0, 0.1) is 0 Å². The number of hydrogen-bond acceptors (Lipinski definition) is 2. The van der Waals surface area contributed by atoms with E-state index in [9.17, 15) is 5.11 Å². The third-order valence-corrected chi connectivity index (χ3v) is 3.95. The van der Waals surface area contributed by atoms with E-state index in [1.807, 2.05) is 36.4 Å². The smallest absolute Gasteiger partial charge is 0.0773 e. The monoisotopic (exact) mass is 339 g/mol. The first-order valence-electron chi connectivity index (χ1n) is 6.00. The summed E-state index contributed by atoms with van der Waals surface area (Å²) >= 11 is 9.32. The minimum absolute atomic E-state index is 0.452. The molecule has 4 heteroatoms. The number of hydrogen-bond donors (Lipinski definition) is 2. The Morgan fingerprint density at radius 2 is 1.84 bits per heavy atom. The van der Waals surface area contributed by atoms with Gasteiger partial charge in [-0.3, -0.25) is 0 Å². The van der Waals surface area contributed by atoms with Crippen LogP contribution >= 0.6 is 27.5 Å². The van der Waals surface area contributed by atoms with E-state index < -0.39 is 12.1 Å². The summed E-state index contributed by atoms with van der Waals surface area (Å²) in [5.41, 5.74) is 8.03. The lowest BCUT2D eigenvalue weighted by molar-refractivity contribution is 0.145. The molecule has 19 heavy (non-hydrogen) atoms. The maximum absolute atomic E-state index is 10.2. The molecule has 0 saturated carbocycles. The summed E-state index contributed by atoms with van der Waals surface area (Å²) in [5, 5.41) is 10.9. The third kappa shape index (κ3) is 3.80. The minimum Gasteiger partial charge on any atom is -0.391 e. The molecule has 0 unspecified atom stereocenters. The molecule has 0 aromatic heterocycles. The lowest BCUT2D eigenvalue weighted by Crippen LogP contribution is -2.28. The Morgan fingerprint density at radius 1 is 1.16 bits per heavy atom. The zero-order valence-electron chi connectivity index (χ0n) is 10.3. The number of aliphatic hydroxyl groups is 1. The highest BCUT2D eigenvalue weighted by Gasteiger charge is 2.19. The molecule has 2 nitrogen and oxygen atoms in total. The van der Waals surface area contributed by atoms with E-state index in [2.05, 4.69) is 15.9 Å². The highest BCUT2D eigenvalue weighted by atomic mass is 79.9. The fraction of sp³-hybridized carbons (Fsp3) is 0.200. The Morgan fingerprint density at radius 3 is 2.47 bits per heavy atom. The molecule has 0 spiro atoms. The second-order valence-corrected chi connectivity index (χ2v) is 5.74. The first-order chi connectivity index (χ1) is 9.08. The van der Waals surface area contributed by atoms with Gasteiger partial charge in [0.15, 0.2) is 0 Å². The number of aliphatic hydroxyl groups excluding tert-OH is 1. The van der Waals surface area contributed by atoms with Gasteiger partial charge in [0.05, 0.1) is 12.1 Å². The van der Waals surface area contributed by atoms with Gasteiger partial charge in [0.2, 0.25) is 0 Å². The summed E-state index contributed by atoms with van der Waals surface area (Å²) in [5.74, 6) is 0. The molecule has 100 valence electrons. The minimum atomic E-state index is -0.639. The topological polar surface area (TPSA) is 46.2 Å². The first kappa shape index (κ1) is 14.5. The van der Waals surface area contributed by atoms with Crippen molar-refractivity contribution in [3.8, 4) is 0 Å². The van der Waals surface area contributed by atoms with Gasteiger partial charge in [-0.05, 0) is 23.3 Å². The molecule has 0 saturated heterocycles. The van der Waals surface area contributed by atoms with Crippen LogP contribution in [0.25, 0.3) is 0 Å². The Kier molecular flexibility index (Phi) is 4.99. The van der Waals surface area contributed by atoms with Gasteiger partial charge in [0.25, 0.3) is 0 Å². The van der Waals surface area contributed by atoms with E-state index >= 15 is 0 Å². The van der Waals surface area contributed by atoms with Gasteiger partial charge in [-0.2, -0.15) is 0 Å². The molecule has 2 aromatic rings. The summed E-state index contributed by atoms with van der Waals surface area (Å²) in [4.78, 5) is 0. The maximum Gasteiger partial charge on any atom is 0.0773 e. The summed E-state index contributed by atoms with van der Waals surface area (Å²) < 4.78 is 0.819. The molecule has 0 heterocycles. The summed E-state index contributed by atoms with van der Waals surface area (Å²) in [7, 11) is 0. The number of nitrogens with two attached hydrogens (primary N) is 1. The first-order valence-corrected chi connectivity index (χ1v) is 7.17. The standard InChI is InChI=1S/C15H15BrClNO/c16-13-9-11(17)6-7-12(13)15(18)14(19)8-10-4-2-1-3-5-10/h1-7,9,14-15,19H,8,18H2/t14-,15+/m1/s1. The van der Waals surface area contributed by atoms with Gasteiger partial charge in [-0.25, -0.2) is 0 Å². The zero-order chi connectivity index (χ0) is 13.8.